The molecule has 0 aromatic carbocycles. The molecule has 7 heteroatoms. The molecule has 0 bridgehead atoms. The molecule has 0 aliphatic rings. The highest BCUT2D eigenvalue weighted by Gasteiger charge is 2.06. The minimum atomic E-state index is -0.281. The number of carbonyl (C=O) groups is 2. The third-order valence-electron chi connectivity index (χ3n) is 2.83. The van der Waals surface area contributed by atoms with Gasteiger partial charge in [-0.3, -0.25) is 4.79 Å². The molecule has 0 radical (unpaired) electrons. The molecule has 0 unspecified atom stereocenters. The zero-order chi connectivity index (χ0) is 14.4. The highest BCUT2D eigenvalue weighted by atomic mass is 16.2. The fourth-order valence-corrected chi connectivity index (χ4v) is 1.46. The van der Waals surface area contributed by atoms with Crippen molar-refractivity contribution in [3.05, 3.63) is 17.7 Å². The number of urea groups is 1. The van der Waals surface area contributed by atoms with Crippen molar-refractivity contribution in [2.24, 2.45) is 0 Å². The number of imidazole rings is 1. The Balaban J connectivity index is 2.24. The number of aromatic nitrogens is 2. The van der Waals surface area contributed by atoms with E-state index in [2.05, 4.69) is 15.6 Å². The fraction of sp³-hybridized carbons (Fsp3) is 0.583. The Morgan fingerprint density at radius 3 is 2.53 bits per heavy atom. The third kappa shape index (κ3) is 4.61. The fourth-order valence-electron chi connectivity index (χ4n) is 1.46. The van der Waals surface area contributed by atoms with Crippen LogP contribution in [0, 0.1) is 13.8 Å². The first kappa shape index (κ1) is 15.0. The van der Waals surface area contributed by atoms with Gasteiger partial charge >= 0.3 is 6.03 Å². The van der Waals surface area contributed by atoms with Crippen LogP contribution in [0.1, 0.15) is 11.4 Å². The number of amides is 3. The summed E-state index contributed by atoms with van der Waals surface area (Å²) in [5.74, 6) is -0.204. The Hall–Kier alpha value is -2.05. The largest absolute Gasteiger partial charge is 0.353 e. The van der Waals surface area contributed by atoms with Gasteiger partial charge in [0, 0.05) is 32.9 Å². The van der Waals surface area contributed by atoms with E-state index in [1.807, 2.05) is 18.4 Å². The SMILES string of the molecule is Cc1ncn(CCNC(=O)CNC(=O)N(C)C)c1C. The van der Waals surface area contributed by atoms with Crippen LogP contribution >= 0.6 is 0 Å². The van der Waals surface area contributed by atoms with E-state index in [1.54, 1.807) is 20.4 Å². The highest BCUT2D eigenvalue weighted by Crippen LogP contribution is 2.02. The minimum absolute atomic E-state index is 0.0149. The van der Waals surface area contributed by atoms with Gasteiger partial charge in [0.1, 0.15) is 0 Å². The summed E-state index contributed by atoms with van der Waals surface area (Å²) in [6.07, 6.45) is 1.75. The van der Waals surface area contributed by atoms with Crippen LogP contribution in [-0.2, 0) is 11.3 Å². The van der Waals surface area contributed by atoms with Gasteiger partial charge in [0.05, 0.1) is 18.6 Å². The van der Waals surface area contributed by atoms with Crippen molar-refractivity contribution in [2.75, 3.05) is 27.2 Å². The molecule has 0 saturated heterocycles. The molecule has 0 aliphatic heterocycles. The van der Waals surface area contributed by atoms with Crippen LogP contribution in [0.25, 0.3) is 0 Å². The summed E-state index contributed by atoms with van der Waals surface area (Å²) < 4.78 is 1.98. The molecule has 1 rings (SSSR count). The molecule has 0 spiro atoms. The van der Waals surface area contributed by atoms with Crippen LogP contribution in [0.2, 0.25) is 0 Å². The number of nitrogens with zero attached hydrogens (tertiary/aromatic N) is 3. The van der Waals surface area contributed by atoms with Gasteiger partial charge in [0.15, 0.2) is 0 Å². The molecule has 1 aromatic rings. The summed E-state index contributed by atoms with van der Waals surface area (Å²) in [5.41, 5.74) is 2.08. The maximum Gasteiger partial charge on any atom is 0.317 e. The molecular formula is C12H21N5O2. The highest BCUT2D eigenvalue weighted by molar-refractivity contribution is 5.83. The lowest BCUT2D eigenvalue weighted by Gasteiger charge is -2.12. The number of aryl methyl sites for hydroxylation is 1. The number of rotatable bonds is 5. The summed E-state index contributed by atoms with van der Waals surface area (Å²) in [4.78, 5) is 28.3. The molecule has 106 valence electrons. The Morgan fingerprint density at radius 1 is 1.32 bits per heavy atom. The van der Waals surface area contributed by atoms with Gasteiger partial charge in [-0.1, -0.05) is 0 Å². The molecular weight excluding hydrogens is 246 g/mol. The van der Waals surface area contributed by atoms with E-state index in [9.17, 15) is 9.59 Å². The van der Waals surface area contributed by atoms with Crippen molar-refractivity contribution in [3.63, 3.8) is 0 Å². The lowest BCUT2D eigenvalue weighted by molar-refractivity contribution is -0.120. The third-order valence-corrected chi connectivity index (χ3v) is 2.83. The van der Waals surface area contributed by atoms with E-state index in [1.165, 1.54) is 4.90 Å². The van der Waals surface area contributed by atoms with Gasteiger partial charge in [0.25, 0.3) is 0 Å². The van der Waals surface area contributed by atoms with Gasteiger partial charge in [-0.25, -0.2) is 9.78 Å². The smallest absolute Gasteiger partial charge is 0.317 e. The van der Waals surface area contributed by atoms with Gasteiger partial charge in [0.2, 0.25) is 5.91 Å². The molecule has 1 heterocycles. The molecule has 0 saturated carbocycles. The van der Waals surface area contributed by atoms with Crippen molar-refractivity contribution in [1.29, 1.82) is 0 Å². The van der Waals surface area contributed by atoms with Gasteiger partial charge in [-0.2, -0.15) is 0 Å². The molecule has 7 nitrogen and oxygen atoms in total. The maximum absolute atomic E-state index is 11.5. The van der Waals surface area contributed by atoms with Crippen LogP contribution in [0.5, 0.6) is 0 Å². The number of nitrogens with one attached hydrogen (secondary N) is 2. The van der Waals surface area contributed by atoms with Crippen molar-refractivity contribution in [2.45, 2.75) is 20.4 Å². The second-order valence-corrected chi connectivity index (χ2v) is 4.51. The Labute approximate surface area is 113 Å². The topological polar surface area (TPSA) is 79.3 Å². The van der Waals surface area contributed by atoms with Gasteiger partial charge < -0.3 is 20.1 Å². The van der Waals surface area contributed by atoms with Crippen LogP contribution in [0.4, 0.5) is 4.79 Å². The van der Waals surface area contributed by atoms with Crippen molar-refractivity contribution >= 4 is 11.9 Å². The first-order valence-corrected chi connectivity index (χ1v) is 6.12. The first-order valence-electron chi connectivity index (χ1n) is 6.12. The summed E-state index contributed by atoms with van der Waals surface area (Å²) in [5, 5.41) is 5.24. The Bertz CT molecular complexity index is 453. The van der Waals surface area contributed by atoms with Gasteiger partial charge in [-0.15, -0.1) is 0 Å². The van der Waals surface area contributed by atoms with E-state index in [-0.39, 0.29) is 18.5 Å². The van der Waals surface area contributed by atoms with Gasteiger partial charge in [-0.05, 0) is 13.8 Å². The van der Waals surface area contributed by atoms with E-state index in [4.69, 9.17) is 0 Å². The normalized spacial score (nSPS) is 10.1. The molecule has 19 heavy (non-hydrogen) atoms. The lowest BCUT2D eigenvalue weighted by Crippen LogP contribution is -2.42. The molecule has 0 fully saturated rings. The van der Waals surface area contributed by atoms with Crippen LogP contribution < -0.4 is 10.6 Å². The number of hydrogen-bond donors (Lipinski definition) is 2. The van der Waals surface area contributed by atoms with Crippen molar-refractivity contribution in [3.8, 4) is 0 Å². The standard InChI is InChI=1S/C12H21N5O2/c1-9-10(2)17(8-15-9)6-5-13-11(18)7-14-12(19)16(3)4/h8H,5-7H2,1-4H3,(H,13,18)(H,14,19). The molecule has 3 amide bonds. The molecule has 2 N–H and O–H groups in total. The van der Waals surface area contributed by atoms with Crippen LogP contribution in [0.3, 0.4) is 0 Å². The van der Waals surface area contributed by atoms with Crippen LogP contribution in [0.15, 0.2) is 6.33 Å². The zero-order valence-corrected chi connectivity index (χ0v) is 11.9. The Kier molecular flexibility index (Phi) is 5.35. The summed E-state index contributed by atoms with van der Waals surface area (Å²) in [7, 11) is 3.24. The number of hydrogen-bond acceptors (Lipinski definition) is 3. The van der Waals surface area contributed by atoms with E-state index >= 15 is 0 Å². The molecule has 0 aliphatic carbocycles. The summed E-state index contributed by atoms with van der Waals surface area (Å²) in [6.45, 7) is 5.09. The predicted molar refractivity (Wildman–Crippen MR) is 71.8 cm³/mol. The second-order valence-electron chi connectivity index (χ2n) is 4.51. The van der Waals surface area contributed by atoms with E-state index < -0.39 is 0 Å². The summed E-state index contributed by atoms with van der Waals surface area (Å²) >= 11 is 0. The quantitative estimate of drug-likeness (QED) is 0.781. The average Bonchev–Trinajstić information content (AvgIpc) is 2.67. The second kappa shape index (κ2) is 6.77. The summed E-state index contributed by atoms with van der Waals surface area (Å²) in [6, 6.07) is -0.281. The van der Waals surface area contributed by atoms with Crippen molar-refractivity contribution in [1.82, 2.24) is 25.1 Å². The van der Waals surface area contributed by atoms with Crippen molar-refractivity contribution < 1.29 is 9.59 Å². The zero-order valence-electron chi connectivity index (χ0n) is 11.9. The predicted octanol–water partition coefficient (Wildman–Crippen LogP) is -0.113. The first-order chi connectivity index (χ1) is 8.91. The average molecular weight is 267 g/mol. The Morgan fingerprint density at radius 2 is 2.00 bits per heavy atom. The van der Waals surface area contributed by atoms with E-state index in [0.717, 1.165) is 11.4 Å². The maximum atomic E-state index is 11.5. The molecule has 0 atom stereocenters. The van der Waals surface area contributed by atoms with Crippen LogP contribution in [-0.4, -0.2) is 53.6 Å². The monoisotopic (exact) mass is 267 g/mol. The minimum Gasteiger partial charge on any atom is -0.353 e. The molecule has 1 aromatic heterocycles. The number of carbonyl (C=O) groups excluding carboxylic acids is 2. The lowest BCUT2D eigenvalue weighted by atomic mass is 10.4. The van der Waals surface area contributed by atoms with E-state index in [0.29, 0.717) is 13.1 Å².